The van der Waals surface area contributed by atoms with Gasteiger partial charge in [0.25, 0.3) is 0 Å². The molecule has 0 heterocycles. The van der Waals surface area contributed by atoms with Crippen molar-refractivity contribution in [2.24, 2.45) is 0 Å². The number of rotatable bonds is 9. The third-order valence-electron chi connectivity index (χ3n) is 4.67. The van der Waals surface area contributed by atoms with Gasteiger partial charge >= 0.3 is 0 Å². The van der Waals surface area contributed by atoms with Crippen LogP contribution in [0, 0.1) is 12.7 Å². The molecular formula is C23H29FN2O2. The predicted molar refractivity (Wildman–Crippen MR) is 109 cm³/mol. The lowest BCUT2D eigenvalue weighted by Gasteiger charge is -2.31. The SMILES string of the molecule is CCCNC(=O)[C@@H](CC)N(Cc1cccc(C)c1)C(=O)Cc1ccccc1F. The zero-order valence-corrected chi connectivity index (χ0v) is 16.9. The number of aryl methyl sites for hydroxylation is 1. The molecule has 0 aliphatic heterocycles. The first-order chi connectivity index (χ1) is 13.5. The van der Waals surface area contributed by atoms with Crippen LogP contribution in [0.15, 0.2) is 48.5 Å². The number of carbonyl (C=O) groups is 2. The molecule has 0 fully saturated rings. The summed E-state index contributed by atoms with van der Waals surface area (Å²) in [5.41, 5.74) is 2.37. The second kappa shape index (κ2) is 10.6. The third kappa shape index (κ3) is 5.91. The minimum absolute atomic E-state index is 0.0734. The van der Waals surface area contributed by atoms with Crippen LogP contribution in [0.4, 0.5) is 4.39 Å². The van der Waals surface area contributed by atoms with Gasteiger partial charge in [-0.2, -0.15) is 0 Å². The van der Waals surface area contributed by atoms with Gasteiger partial charge in [-0.25, -0.2) is 4.39 Å². The van der Waals surface area contributed by atoms with Gasteiger partial charge in [0.2, 0.25) is 11.8 Å². The lowest BCUT2D eigenvalue weighted by Crippen LogP contribution is -2.49. The first kappa shape index (κ1) is 21.6. The molecule has 0 aliphatic carbocycles. The number of benzene rings is 2. The number of amides is 2. The highest BCUT2D eigenvalue weighted by molar-refractivity contribution is 5.88. The van der Waals surface area contributed by atoms with Crippen LogP contribution in [0.25, 0.3) is 0 Å². The van der Waals surface area contributed by atoms with Crippen LogP contribution in [0.2, 0.25) is 0 Å². The van der Waals surface area contributed by atoms with Crippen LogP contribution in [-0.2, 0) is 22.6 Å². The first-order valence-electron chi connectivity index (χ1n) is 9.82. The largest absolute Gasteiger partial charge is 0.354 e. The van der Waals surface area contributed by atoms with E-state index < -0.39 is 11.9 Å². The van der Waals surface area contributed by atoms with Crippen LogP contribution in [0.1, 0.15) is 43.4 Å². The number of carbonyl (C=O) groups excluding carboxylic acids is 2. The van der Waals surface area contributed by atoms with Gasteiger partial charge < -0.3 is 10.2 Å². The molecule has 0 saturated heterocycles. The summed E-state index contributed by atoms with van der Waals surface area (Å²) in [7, 11) is 0. The van der Waals surface area contributed by atoms with E-state index in [-0.39, 0.29) is 18.2 Å². The molecule has 0 spiro atoms. The van der Waals surface area contributed by atoms with Crippen molar-refractivity contribution in [1.82, 2.24) is 10.2 Å². The fraction of sp³-hybridized carbons (Fsp3) is 0.391. The van der Waals surface area contributed by atoms with Gasteiger partial charge in [-0.15, -0.1) is 0 Å². The molecule has 0 aliphatic rings. The van der Waals surface area contributed by atoms with Gasteiger partial charge in [-0.05, 0) is 37.0 Å². The van der Waals surface area contributed by atoms with Crippen molar-refractivity contribution >= 4 is 11.8 Å². The van der Waals surface area contributed by atoms with E-state index in [1.165, 1.54) is 6.07 Å². The Kier molecular flexibility index (Phi) is 8.18. The minimum atomic E-state index is -0.591. The highest BCUT2D eigenvalue weighted by atomic mass is 19.1. The van der Waals surface area contributed by atoms with Gasteiger partial charge in [-0.1, -0.05) is 61.9 Å². The molecule has 5 heteroatoms. The molecule has 0 saturated carbocycles. The maximum Gasteiger partial charge on any atom is 0.242 e. The van der Waals surface area contributed by atoms with Crippen LogP contribution < -0.4 is 5.32 Å². The average Bonchev–Trinajstić information content (AvgIpc) is 2.68. The zero-order chi connectivity index (χ0) is 20.5. The molecule has 0 aromatic heterocycles. The molecule has 2 rings (SSSR count). The number of nitrogens with one attached hydrogen (secondary N) is 1. The summed E-state index contributed by atoms with van der Waals surface area (Å²) < 4.78 is 14.1. The Morgan fingerprint density at radius 2 is 1.86 bits per heavy atom. The Morgan fingerprint density at radius 1 is 1.11 bits per heavy atom. The first-order valence-corrected chi connectivity index (χ1v) is 9.82. The molecule has 2 aromatic rings. The zero-order valence-electron chi connectivity index (χ0n) is 16.9. The van der Waals surface area contributed by atoms with Crippen molar-refractivity contribution in [3.63, 3.8) is 0 Å². The third-order valence-corrected chi connectivity index (χ3v) is 4.67. The second-order valence-corrected chi connectivity index (χ2v) is 6.99. The van der Waals surface area contributed by atoms with E-state index in [1.807, 2.05) is 45.0 Å². The smallest absolute Gasteiger partial charge is 0.242 e. The van der Waals surface area contributed by atoms with Crippen LogP contribution in [0.3, 0.4) is 0 Å². The minimum Gasteiger partial charge on any atom is -0.354 e. The maximum absolute atomic E-state index is 14.1. The van der Waals surface area contributed by atoms with Crippen LogP contribution in [0.5, 0.6) is 0 Å². The monoisotopic (exact) mass is 384 g/mol. The highest BCUT2D eigenvalue weighted by Gasteiger charge is 2.28. The molecule has 150 valence electrons. The summed E-state index contributed by atoms with van der Waals surface area (Å²) in [6, 6.07) is 13.5. The normalized spacial score (nSPS) is 11.7. The van der Waals surface area contributed by atoms with E-state index in [2.05, 4.69) is 5.32 Å². The van der Waals surface area contributed by atoms with Crippen molar-refractivity contribution < 1.29 is 14.0 Å². The second-order valence-electron chi connectivity index (χ2n) is 6.99. The molecule has 2 aromatic carbocycles. The van der Waals surface area contributed by atoms with Gasteiger partial charge in [0, 0.05) is 13.1 Å². The lowest BCUT2D eigenvalue weighted by atomic mass is 10.1. The molecule has 0 radical (unpaired) electrons. The van der Waals surface area contributed by atoms with Crippen molar-refractivity contribution in [2.75, 3.05) is 6.54 Å². The van der Waals surface area contributed by atoms with Crippen molar-refractivity contribution in [2.45, 2.75) is 52.6 Å². The molecule has 1 N–H and O–H groups in total. The van der Waals surface area contributed by atoms with E-state index in [1.54, 1.807) is 23.1 Å². The summed E-state index contributed by atoms with van der Waals surface area (Å²) in [6.07, 6.45) is 1.24. The Balaban J connectivity index is 2.29. The Bertz CT molecular complexity index is 807. The Morgan fingerprint density at radius 3 is 2.50 bits per heavy atom. The van der Waals surface area contributed by atoms with Gasteiger partial charge in [0.15, 0.2) is 0 Å². The van der Waals surface area contributed by atoms with Crippen LogP contribution in [-0.4, -0.2) is 29.3 Å². The number of hydrogen-bond donors (Lipinski definition) is 1. The summed E-state index contributed by atoms with van der Waals surface area (Å²) in [5.74, 6) is -0.834. The van der Waals surface area contributed by atoms with E-state index in [9.17, 15) is 14.0 Å². The van der Waals surface area contributed by atoms with E-state index in [0.717, 1.165) is 17.5 Å². The summed E-state index contributed by atoms with van der Waals surface area (Å²) in [4.78, 5) is 27.4. The molecule has 2 amide bonds. The predicted octanol–water partition coefficient (Wildman–Crippen LogP) is 4.01. The van der Waals surface area contributed by atoms with Gasteiger partial charge in [0.05, 0.1) is 6.42 Å². The molecule has 28 heavy (non-hydrogen) atoms. The average molecular weight is 384 g/mol. The Labute approximate surface area is 166 Å². The highest BCUT2D eigenvalue weighted by Crippen LogP contribution is 2.16. The number of hydrogen-bond acceptors (Lipinski definition) is 2. The number of nitrogens with zero attached hydrogens (tertiary/aromatic N) is 1. The van der Waals surface area contributed by atoms with E-state index in [0.29, 0.717) is 25.1 Å². The van der Waals surface area contributed by atoms with E-state index >= 15 is 0 Å². The number of halogens is 1. The van der Waals surface area contributed by atoms with Gasteiger partial charge in [-0.3, -0.25) is 9.59 Å². The van der Waals surface area contributed by atoms with Crippen molar-refractivity contribution in [1.29, 1.82) is 0 Å². The summed E-state index contributed by atoms with van der Waals surface area (Å²) >= 11 is 0. The fourth-order valence-corrected chi connectivity index (χ4v) is 3.20. The Hall–Kier alpha value is -2.69. The van der Waals surface area contributed by atoms with Crippen LogP contribution >= 0.6 is 0 Å². The quantitative estimate of drug-likeness (QED) is 0.710. The molecule has 0 bridgehead atoms. The maximum atomic E-state index is 14.1. The molecular weight excluding hydrogens is 355 g/mol. The molecule has 4 nitrogen and oxygen atoms in total. The molecule has 0 unspecified atom stereocenters. The molecule has 1 atom stereocenters. The summed E-state index contributed by atoms with van der Waals surface area (Å²) in [6.45, 7) is 6.73. The van der Waals surface area contributed by atoms with Crippen molar-refractivity contribution in [3.8, 4) is 0 Å². The van der Waals surface area contributed by atoms with Crippen molar-refractivity contribution in [3.05, 3.63) is 71.0 Å². The fourth-order valence-electron chi connectivity index (χ4n) is 3.20. The summed E-state index contributed by atoms with van der Waals surface area (Å²) in [5, 5.41) is 2.88. The van der Waals surface area contributed by atoms with Gasteiger partial charge in [0.1, 0.15) is 11.9 Å². The lowest BCUT2D eigenvalue weighted by molar-refractivity contribution is -0.141. The topological polar surface area (TPSA) is 49.4 Å². The standard InChI is InChI=1S/C23H29FN2O2/c1-4-13-25-23(28)21(5-2)26(16-18-10-8-9-17(3)14-18)22(27)15-19-11-6-7-12-20(19)24/h6-12,14,21H,4-5,13,15-16H2,1-3H3,(H,25,28)/t21-/m1/s1. The van der Waals surface area contributed by atoms with E-state index in [4.69, 9.17) is 0 Å².